The van der Waals surface area contributed by atoms with E-state index in [1.54, 1.807) is 0 Å². The highest BCUT2D eigenvalue weighted by molar-refractivity contribution is 5.92. The van der Waals surface area contributed by atoms with Gasteiger partial charge < -0.3 is 21.3 Å². The Labute approximate surface area is 227 Å². The number of nitrogen functional groups attached to an aromatic ring is 1. The number of nitrogens with two attached hydrogens (primary N) is 1. The number of hydrogen-bond acceptors (Lipinski definition) is 5. The maximum absolute atomic E-state index is 14.0. The summed E-state index contributed by atoms with van der Waals surface area (Å²) in [6.07, 6.45) is 15.0. The van der Waals surface area contributed by atoms with Crippen molar-refractivity contribution in [2.45, 2.75) is 115 Å². The van der Waals surface area contributed by atoms with Crippen LogP contribution in [-0.4, -0.2) is 46.4 Å². The zero-order chi connectivity index (χ0) is 26.5. The van der Waals surface area contributed by atoms with Crippen molar-refractivity contribution in [3.63, 3.8) is 0 Å². The molecule has 2 heterocycles. The summed E-state index contributed by atoms with van der Waals surface area (Å²) in [4.78, 5) is 33.5. The second-order valence-electron chi connectivity index (χ2n) is 11.9. The lowest BCUT2D eigenvalue weighted by atomic mass is 9.84. The van der Waals surface area contributed by atoms with Crippen LogP contribution in [0.1, 0.15) is 94.7 Å². The van der Waals surface area contributed by atoms with Crippen LogP contribution in [-0.2, 0) is 16.1 Å². The van der Waals surface area contributed by atoms with Crippen LogP contribution >= 0.6 is 0 Å². The van der Waals surface area contributed by atoms with Crippen LogP contribution in [0.25, 0.3) is 10.8 Å². The summed E-state index contributed by atoms with van der Waals surface area (Å²) in [7, 11) is 0. The van der Waals surface area contributed by atoms with E-state index in [4.69, 9.17) is 5.73 Å². The number of aromatic nitrogens is 1. The summed E-state index contributed by atoms with van der Waals surface area (Å²) in [5.74, 6) is 1.24. The number of carbonyl (C=O) groups excluding carboxylic acids is 2. The normalized spacial score (nSPS) is 22.0. The molecule has 3 aliphatic rings. The topological polar surface area (TPSA) is 100 Å². The van der Waals surface area contributed by atoms with Gasteiger partial charge in [-0.2, -0.15) is 0 Å². The zero-order valence-corrected chi connectivity index (χ0v) is 23.0. The van der Waals surface area contributed by atoms with Crippen molar-refractivity contribution >= 4 is 28.4 Å². The van der Waals surface area contributed by atoms with Crippen LogP contribution in [0.5, 0.6) is 0 Å². The Balaban J connectivity index is 1.24. The summed E-state index contributed by atoms with van der Waals surface area (Å²) in [6, 6.07) is 7.91. The Morgan fingerprint density at radius 2 is 1.74 bits per heavy atom. The summed E-state index contributed by atoms with van der Waals surface area (Å²) in [5, 5.41) is 8.86. The van der Waals surface area contributed by atoms with Crippen LogP contribution in [0.3, 0.4) is 0 Å². The molecule has 7 heteroatoms. The van der Waals surface area contributed by atoms with Crippen LogP contribution in [0.2, 0.25) is 0 Å². The Hall–Kier alpha value is -2.67. The molecule has 2 atom stereocenters. The zero-order valence-electron chi connectivity index (χ0n) is 23.0. The molecule has 2 saturated carbocycles. The van der Waals surface area contributed by atoms with Crippen molar-refractivity contribution in [3.05, 3.63) is 35.5 Å². The Morgan fingerprint density at radius 3 is 2.50 bits per heavy atom. The standard InChI is InChI=1S/C31H45N5O2/c1-21-17-24-18-23(14-15-26(24)29(32)34-21)20-33-30(37)28-13-8-16-36(28)31(38)27(19-22-9-4-2-5-10-22)35-25-11-6-3-7-12-25/h14-15,17-18,22,25,27-28,35H,2-13,16,19-20H2,1H3,(H2,32,34)(H,33,37)/t27-,28+/m1/s1. The number of anilines is 1. The van der Waals surface area contributed by atoms with Gasteiger partial charge in [-0.1, -0.05) is 63.5 Å². The molecule has 0 unspecified atom stereocenters. The molecule has 4 N–H and O–H groups in total. The van der Waals surface area contributed by atoms with Crippen molar-refractivity contribution in [2.75, 3.05) is 12.3 Å². The lowest BCUT2D eigenvalue weighted by Crippen LogP contribution is -2.54. The van der Waals surface area contributed by atoms with Crippen LogP contribution in [0, 0.1) is 12.8 Å². The highest BCUT2D eigenvalue weighted by Gasteiger charge is 2.38. The lowest BCUT2D eigenvalue weighted by Gasteiger charge is -2.35. The smallest absolute Gasteiger partial charge is 0.243 e. The van der Waals surface area contributed by atoms with E-state index >= 15 is 0 Å². The van der Waals surface area contributed by atoms with Gasteiger partial charge in [0, 0.05) is 30.2 Å². The molecule has 0 bridgehead atoms. The highest BCUT2D eigenvalue weighted by atomic mass is 16.2. The number of fused-ring (bicyclic) bond motifs is 1. The van der Waals surface area contributed by atoms with Gasteiger partial charge in [0.1, 0.15) is 11.9 Å². The van der Waals surface area contributed by atoms with E-state index in [-0.39, 0.29) is 23.9 Å². The first kappa shape index (κ1) is 26.9. The fourth-order valence-corrected chi connectivity index (χ4v) is 6.94. The molecule has 0 spiro atoms. The number of likely N-dealkylation sites (tertiary alicyclic amines) is 1. The largest absolute Gasteiger partial charge is 0.383 e. The van der Waals surface area contributed by atoms with Gasteiger partial charge in [-0.05, 0) is 68.0 Å². The van der Waals surface area contributed by atoms with E-state index in [1.807, 2.05) is 30.0 Å². The van der Waals surface area contributed by atoms with Gasteiger partial charge >= 0.3 is 0 Å². The Kier molecular flexibility index (Phi) is 8.82. The van der Waals surface area contributed by atoms with Crippen LogP contribution in [0.4, 0.5) is 5.82 Å². The third-order valence-corrected chi connectivity index (χ3v) is 8.99. The maximum atomic E-state index is 14.0. The second-order valence-corrected chi connectivity index (χ2v) is 11.9. The number of nitrogens with zero attached hydrogens (tertiary/aromatic N) is 2. The molecule has 3 fully saturated rings. The number of hydrogen-bond donors (Lipinski definition) is 3. The number of carbonyl (C=O) groups is 2. The van der Waals surface area contributed by atoms with Crippen molar-refractivity contribution in [3.8, 4) is 0 Å². The fourth-order valence-electron chi connectivity index (χ4n) is 6.94. The third-order valence-electron chi connectivity index (χ3n) is 8.99. The first-order valence-electron chi connectivity index (χ1n) is 15.0. The summed E-state index contributed by atoms with van der Waals surface area (Å²) in [5.41, 5.74) is 7.97. The van der Waals surface area contributed by atoms with Gasteiger partial charge in [-0.15, -0.1) is 0 Å². The number of nitrogens with one attached hydrogen (secondary N) is 2. The van der Waals surface area contributed by atoms with Crippen LogP contribution in [0.15, 0.2) is 24.3 Å². The van der Waals surface area contributed by atoms with E-state index in [0.29, 0.717) is 30.9 Å². The second kappa shape index (κ2) is 12.5. The molecule has 1 aromatic carbocycles. The fraction of sp³-hybridized carbons (Fsp3) is 0.645. The SMILES string of the molecule is Cc1cc2cc(CNC(=O)[C@@H]3CCCN3C(=O)[C@@H](CC3CCCCC3)NC3CCCCC3)ccc2c(N)n1. The highest BCUT2D eigenvalue weighted by Crippen LogP contribution is 2.30. The monoisotopic (exact) mass is 519 g/mol. The van der Waals surface area contributed by atoms with Crippen LogP contribution < -0.4 is 16.4 Å². The van der Waals surface area contributed by atoms with Crippen molar-refractivity contribution in [1.82, 2.24) is 20.5 Å². The number of rotatable bonds is 8. The summed E-state index contributed by atoms with van der Waals surface area (Å²) in [6.45, 7) is 3.03. The van der Waals surface area contributed by atoms with Gasteiger partial charge in [-0.25, -0.2) is 4.98 Å². The summed E-state index contributed by atoms with van der Waals surface area (Å²) < 4.78 is 0. The molecule has 0 radical (unpaired) electrons. The minimum absolute atomic E-state index is 0.0459. The van der Waals surface area contributed by atoms with Gasteiger partial charge in [0.25, 0.3) is 0 Å². The Morgan fingerprint density at radius 1 is 1.00 bits per heavy atom. The number of pyridine rings is 1. The van der Waals surface area contributed by atoms with Gasteiger partial charge in [0.15, 0.2) is 0 Å². The average Bonchev–Trinajstić information content (AvgIpc) is 3.42. The van der Waals surface area contributed by atoms with Gasteiger partial charge in [0.2, 0.25) is 11.8 Å². The molecule has 7 nitrogen and oxygen atoms in total. The predicted octanol–water partition coefficient (Wildman–Crippen LogP) is 4.99. The van der Waals surface area contributed by atoms with Crippen molar-refractivity contribution < 1.29 is 9.59 Å². The minimum atomic E-state index is -0.382. The molecule has 38 heavy (non-hydrogen) atoms. The van der Waals surface area contributed by atoms with E-state index in [9.17, 15) is 9.59 Å². The number of benzene rings is 1. The molecule has 2 amide bonds. The first-order chi connectivity index (χ1) is 18.5. The number of amides is 2. The quantitative estimate of drug-likeness (QED) is 0.456. The van der Waals surface area contributed by atoms with E-state index in [2.05, 4.69) is 21.7 Å². The maximum Gasteiger partial charge on any atom is 0.243 e. The van der Waals surface area contributed by atoms with Gasteiger partial charge in [-0.3, -0.25) is 9.59 Å². The molecule has 1 aliphatic heterocycles. The molecular weight excluding hydrogens is 474 g/mol. The molecule has 206 valence electrons. The van der Waals surface area contributed by atoms with E-state index in [1.165, 1.54) is 51.4 Å². The molecule has 5 rings (SSSR count). The first-order valence-corrected chi connectivity index (χ1v) is 15.0. The average molecular weight is 520 g/mol. The predicted molar refractivity (Wildman–Crippen MR) is 152 cm³/mol. The molecule has 2 aliphatic carbocycles. The van der Waals surface area contributed by atoms with E-state index < -0.39 is 0 Å². The third kappa shape index (κ3) is 6.48. The Bertz CT molecular complexity index is 1100. The number of aryl methyl sites for hydroxylation is 1. The summed E-state index contributed by atoms with van der Waals surface area (Å²) >= 11 is 0. The lowest BCUT2D eigenvalue weighted by molar-refractivity contribution is -0.140. The molecule has 1 aromatic heterocycles. The van der Waals surface area contributed by atoms with Crippen molar-refractivity contribution in [2.24, 2.45) is 5.92 Å². The minimum Gasteiger partial charge on any atom is -0.383 e. The van der Waals surface area contributed by atoms with Crippen molar-refractivity contribution in [1.29, 1.82) is 0 Å². The van der Waals surface area contributed by atoms with E-state index in [0.717, 1.165) is 54.1 Å². The van der Waals surface area contributed by atoms with Gasteiger partial charge in [0.05, 0.1) is 6.04 Å². The molecule has 1 saturated heterocycles. The molecule has 2 aromatic rings. The molecular formula is C31H45N5O2.